The van der Waals surface area contributed by atoms with Crippen molar-refractivity contribution in [3.8, 4) is 17.3 Å². The summed E-state index contributed by atoms with van der Waals surface area (Å²) in [6, 6.07) is 22.2. The van der Waals surface area contributed by atoms with Crippen LogP contribution in [-0.2, 0) is 0 Å². The van der Waals surface area contributed by atoms with Gasteiger partial charge >= 0.3 is 0 Å². The van der Waals surface area contributed by atoms with E-state index in [1.807, 2.05) is 62.4 Å². The largest absolute Gasteiger partial charge is 0.492 e. The molecule has 0 atom stereocenters. The summed E-state index contributed by atoms with van der Waals surface area (Å²) in [5.74, 6) is -0.360. The standard InChI is InChI=1S/C24H19IN4O2S/c1-15-3-9-18(10-4-15)26-27-21-22(30)28(19-11-5-16(2)6-12-19)24(32)29(23(21)31)20-13-7-17(25)8-14-20/h3-14,30H,1-2H3. The van der Waals surface area contributed by atoms with Crippen molar-refractivity contribution >= 4 is 46.2 Å². The average Bonchev–Trinajstić information content (AvgIpc) is 2.77. The first-order chi connectivity index (χ1) is 15.3. The predicted octanol–water partition coefficient (Wildman–Crippen LogP) is 6.70. The molecule has 0 bridgehead atoms. The lowest BCUT2D eigenvalue weighted by Crippen LogP contribution is -2.23. The Hall–Kier alpha value is -3.11. The van der Waals surface area contributed by atoms with Crippen molar-refractivity contribution in [3.05, 3.63) is 103 Å². The normalized spacial score (nSPS) is 11.2. The van der Waals surface area contributed by atoms with Crippen LogP contribution >= 0.6 is 34.8 Å². The summed E-state index contributed by atoms with van der Waals surface area (Å²) in [4.78, 5) is 13.4. The van der Waals surface area contributed by atoms with Gasteiger partial charge < -0.3 is 5.11 Å². The van der Waals surface area contributed by atoms with Crippen LogP contribution in [0.2, 0.25) is 0 Å². The molecule has 0 saturated heterocycles. The summed E-state index contributed by atoms with van der Waals surface area (Å²) in [6.07, 6.45) is 0. The van der Waals surface area contributed by atoms with E-state index in [9.17, 15) is 9.90 Å². The first-order valence-electron chi connectivity index (χ1n) is 9.77. The molecule has 32 heavy (non-hydrogen) atoms. The lowest BCUT2D eigenvalue weighted by molar-refractivity contribution is 0.432. The van der Waals surface area contributed by atoms with Crippen LogP contribution in [-0.4, -0.2) is 14.2 Å². The van der Waals surface area contributed by atoms with Crippen molar-refractivity contribution in [2.45, 2.75) is 13.8 Å². The monoisotopic (exact) mass is 554 g/mol. The van der Waals surface area contributed by atoms with Gasteiger partial charge in [-0.15, -0.1) is 5.11 Å². The Morgan fingerprint density at radius 3 is 1.88 bits per heavy atom. The highest BCUT2D eigenvalue weighted by Gasteiger charge is 2.19. The molecule has 0 aliphatic heterocycles. The van der Waals surface area contributed by atoms with Gasteiger partial charge in [0.15, 0.2) is 4.77 Å². The number of aromatic nitrogens is 2. The lowest BCUT2D eigenvalue weighted by atomic mass is 10.2. The molecular weight excluding hydrogens is 535 g/mol. The van der Waals surface area contributed by atoms with Gasteiger partial charge in [0.1, 0.15) is 0 Å². The van der Waals surface area contributed by atoms with Crippen LogP contribution in [0.15, 0.2) is 87.8 Å². The van der Waals surface area contributed by atoms with Gasteiger partial charge in [-0.2, -0.15) is 5.11 Å². The molecule has 6 nitrogen and oxygen atoms in total. The highest BCUT2D eigenvalue weighted by atomic mass is 127. The molecule has 8 heteroatoms. The van der Waals surface area contributed by atoms with Crippen LogP contribution in [0, 0.1) is 22.2 Å². The summed E-state index contributed by atoms with van der Waals surface area (Å²) in [6.45, 7) is 3.94. The molecule has 0 radical (unpaired) electrons. The average molecular weight is 554 g/mol. The maximum Gasteiger partial charge on any atom is 0.290 e. The smallest absolute Gasteiger partial charge is 0.290 e. The fourth-order valence-corrected chi connectivity index (χ4v) is 3.88. The molecule has 0 spiro atoms. The van der Waals surface area contributed by atoms with E-state index in [0.29, 0.717) is 17.1 Å². The van der Waals surface area contributed by atoms with Gasteiger partial charge in [0.25, 0.3) is 5.56 Å². The van der Waals surface area contributed by atoms with E-state index in [-0.39, 0.29) is 16.3 Å². The van der Waals surface area contributed by atoms with E-state index in [4.69, 9.17) is 12.2 Å². The number of azo groups is 1. The van der Waals surface area contributed by atoms with Gasteiger partial charge in [0, 0.05) is 3.57 Å². The molecule has 1 heterocycles. The highest BCUT2D eigenvalue weighted by molar-refractivity contribution is 14.1. The first kappa shape index (κ1) is 22.1. The van der Waals surface area contributed by atoms with Crippen LogP contribution < -0.4 is 5.56 Å². The molecule has 1 aromatic heterocycles. The van der Waals surface area contributed by atoms with Crippen molar-refractivity contribution in [1.82, 2.24) is 9.13 Å². The quantitative estimate of drug-likeness (QED) is 0.173. The number of hydrogen-bond acceptors (Lipinski definition) is 5. The Morgan fingerprint density at radius 1 is 0.781 bits per heavy atom. The van der Waals surface area contributed by atoms with Crippen molar-refractivity contribution in [2.75, 3.05) is 0 Å². The second-order valence-corrected chi connectivity index (χ2v) is 8.89. The van der Waals surface area contributed by atoms with Crippen LogP contribution in [0.5, 0.6) is 5.88 Å². The van der Waals surface area contributed by atoms with Crippen LogP contribution in [0.1, 0.15) is 11.1 Å². The molecule has 4 rings (SSSR count). The number of hydrogen-bond donors (Lipinski definition) is 1. The molecule has 0 fully saturated rings. The third-order valence-corrected chi connectivity index (χ3v) is 5.97. The minimum atomic E-state index is -0.548. The zero-order valence-corrected chi connectivity index (χ0v) is 20.3. The molecule has 0 unspecified atom stereocenters. The molecule has 0 saturated carbocycles. The van der Waals surface area contributed by atoms with E-state index in [1.165, 1.54) is 9.13 Å². The van der Waals surface area contributed by atoms with Gasteiger partial charge in [-0.1, -0.05) is 35.4 Å². The Labute approximate surface area is 203 Å². The lowest BCUT2D eigenvalue weighted by Gasteiger charge is -2.16. The Balaban J connectivity index is 1.99. The van der Waals surface area contributed by atoms with Gasteiger partial charge in [-0.3, -0.25) is 13.9 Å². The maximum absolute atomic E-state index is 13.4. The molecular formula is C24H19IN4O2S. The summed E-state index contributed by atoms with van der Waals surface area (Å²) in [7, 11) is 0. The van der Waals surface area contributed by atoms with Gasteiger partial charge in [0.2, 0.25) is 11.6 Å². The Morgan fingerprint density at radius 2 is 1.28 bits per heavy atom. The molecule has 0 aliphatic rings. The van der Waals surface area contributed by atoms with Gasteiger partial charge in [0.05, 0.1) is 17.1 Å². The summed E-state index contributed by atoms with van der Waals surface area (Å²) in [5, 5.41) is 19.3. The predicted molar refractivity (Wildman–Crippen MR) is 137 cm³/mol. The molecule has 0 aliphatic carbocycles. The summed E-state index contributed by atoms with van der Waals surface area (Å²) < 4.78 is 3.94. The van der Waals surface area contributed by atoms with Crippen LogP contribution in [0.4, 0.5) is 11.4 Å². The zero-order valence-electron chi connectivity index (χ0n) is 17.4. The van der Waals surface area contributed by atoms with Crippen molar-refractivity contribution in [3.63, 3.8) is 0 Å². The van der Waals surface area contributed by atoms with Gasteiger partial charge in [-0.25, -0.2) is 0 Å². The minimum absolute atomic E-state index is 0.131. The topological polar surface area (TPSA) is 71.9 Å². The van der Waals surface area contributed by atoms with E-state index in [1.54, 1.807) is 24.3 Å². The van der Waals surface area contributed by atoms with E-state index in [0.717, 1.165) is 14.7 Å². The zero-order chi connectivity index (χ0) is 22.8. The SMILES string of the molecule is Cc1ccc(N=Nc2c(O)n(-c3ccc(C)cc3)c(=S)n(-c3ccc(I)cc3)c2=O)cc1. The van der Waals surface area contributed by atoms with E-state index >= 15 is 0 Å². The number of aromatic hydroxyl groups is 1. The number of halogens is 1. The fourth-order valence-electron chi connectivity index (χ4n) is 3.14. The highest BCUT2D eigenvalue weighted by Crippen LogP contribution is 2.29. The molecule has 1 N–H and O–H groups in total. The van der Waals surface area contributed by atoms with Crippen LogP contribution in [0.3, 0.4) is 0 Å². The Kier molecular flexibility index (Phi) is 6.33. The number of aryl methyl sites for hydroxylation is 2. The molecule has 160 valence electrons. The number of benzene rings is 3. The number of nitrogens with zero attached hydrogens (tertiary/aromatic N) is 4. The summed E-state index contributed by atoms with van der Waals surface area (Å²) >= 11 is 7.83. The van der Waals surface area contributed by atoms with Crippen molar-refractivity contribution < 1.29 is 5.11 Å². The van der Waals surface area contributed by atoms with E-state index < -0.39 is 5.56 Å². The molecule has 3 aromatic carbocycles. The third kappa shape index (κ3) is 4.42. The van der Waals surface area contributed by atoms with Gasteiger partial charge in [-0.05, 0) is 97.2 Å². The molecule has 4 aromatic rings. The second-order valence-electron chi connectivity index (χ2n) is 7.28. The second kappa shape index (κ2) is 9.17. The minimum Gasteiger partial charge on any atom is -0.492 e. The first-order valence-corrected chi connectivity index (χ1v) is 11.3. The Bertz CT molecular complexity index is 1420. The van der Waals surface area contributed by atoms with Crippen molar-refractivity contribution in [1.29, 1.82) is 0 Å². The maximum atomic E-state index is 13.4. The summed E-state index contributed by atoms with van der Waals surface area (Å²) in [5.41, 5.74) is 3.16. The molecule has 0 amide bonds. The van der Waals surface area contributed by atoms with E-state index in [2.05, 4.69) is 32.8 Å². The van der Waals surface area contributed by atoms with Crippen LogP contribution in [0.25, 0.3) is 11.4 Å². The third-order valence-electron chi connectivity index (χ3n) is 4.89. The van der Waals surface area contributed by atoms with Crippen molar-refractivity contribution in [2.24, 2.45) is 10.2 Å². The number of rotatable bonds is 4. The fraction of sp³-hybridized carbons (Fsp3) is 0.0833.